The molecule has 0 radical (unpaired) electrons. The average molecular weight is 234 g/mol. The van der Waals surface area contributed by atoms with Crippen LogP contribution in [0, 0.1) is 5.92 Å². The molecule has 2 atom stereocenters. The highest BCUT2D eigenvalue weighted by Gasteiger charge is 2.15. The Hall–Kier alpha value is -1.65. The third kappa shape index (κ3) is 3.69. The molecule has 0 spiro atoms. The Morgan fingerprint density at radius 2 is 2.53 bits per heavy atom. The number of hydrogen-bond acceptors (Lipinski definition) is 3. The second-order valence-electron chi connectivity index (χ2n) is 4.56. The van der Waals surface area contributed by atoms with Crippen molar-refractivity contribution in [3.8, 4) is 0 Å². The van der Waals surface area contributed by atoms with Crippen molar-refractivity contribution in [2.75, 3.05) is 0 Å². The van der Waals surface area contributed by atoms with Crippen LogP contribution in [0.15, 0.2) is 24.8 Å². The van der Waals surface area contributed by atoms with Crippen molar-refractivity contribution in [1.82, 2.24) is 20.1 Å². The molecule has 0 saturated heterocycles. The summed E-state index contributed by atoms with van der Waals surface area (Å²) < 4.78 is 1.72. The highest BCUT2D eigenvalue weighted by molar-refractivity contribution is 5.76. The van der Waals surface area contributed by atoms with Crippen LogP contribution in [0.5, 0.6) is 0 Å². The van der Waals surface area contributed by atoms with Gasteiger partial charge in [-0.3, -0.25) is 9.48 Å². The Morgan fingerprint density at radius 1 is 1.65 bits per heavy atom. The molecule has 1 N–H and O–H groups in total. The van der Waals surface area contributed by atoms with Crippen LogP contribution >= 0.6 is 0 Å². The number of nitrogens with one attached hydrogen (secondary N) is 1. The molecule has 0 aromatic carbocycles. The molecule has 1 aromatic rings. The van der Waals surface area contributed by atoms with E-state index in [0.717, 1.165) is 12.8 Å². The van der Waals surface area contributed by atoms with Crippen LogP contribution in [0.3, 0.4) is 0 Å². The lowest BCUT2D eigenvalue weighted by atomic mass is 10.0. The maximum Gasteiger partial charge on any atom is 0.220 e. The summed E-state index contributed by atoms with van der Waals surface area (Å²) in [6.45, 7) is 2.64. The fraction of sp³-hybridized carbons (Fsp3) is 0.583. The zero-order valence-electron chi connectivity index (χ0n) is 10.0. The van der Waals surface area contributed by atoms with Gasteiger partial charge in [-0.2, -0.15) is 5.10 Å². The number of nitrogens with zero attached hydrogens (tertiary/aromatic N) is 3. The molecule has 5 heteroatoms. The lowest BCUT2D eigenvalue weighted by Crippen LogP contribution is -2.36. The molecular formula is C12H18N4O. The van der Waals surface area contributed by atoms with E-state index < -0.39 is 0 Å². The molecule has 1 heterocycles. The maximum absolute atomic E-state index is 11.7. The van der Waals surface area contributed by atoms with E-state index in [1.54, 1.807) is 11.0 Å². The predicted molar refractivity (Wildman–Crippen MR) is 64.1 cm³/mol. The minimum atomic E-state index is 0.0783. The van der Waals surface area contributed by atoms with Crippen LogP contribution in [0.1, 0.15) is 26.2 Å². The topological polar surface area (TPSA) is 59.8 Å². The molecule has 0 bridgehead atoms. The summed E-state index contributed by atoms with van der Waals surface area (Å²) in [5.74, 6) is 0.544. The number of hydrogen-bond donors (Lipinski definition) is 1. The van der Waals surface area contributed by atoms with Crippen molar-refractivity contribution in [1.29, 1.82) is 0 Å². The van der Waals surface area contributed by atoms with Gasteiger partial charge < -0.3 is 5.32 Å². The number of carbonyl (C=O) groups excluding carboxylic acids is 1. The predicted octanol–water partition coefficient (Wildman–Crippen LogP) is 1.14. The van der Waals surface area contributed by atoms with E-state index in [1.165, 1.54) is 6.33 Å². The zero-order chi connectivity index (χ0) is 12.1. The smallest absolute Gasteiger partial charge is 0.220 e. The molecule has 2 rings (SSSR count). The number of amides is 1. The van der Waals surface area contributed by atoms with Gasteiger partial charge in [-0.1, -0.05) is 12.2 Å². The molecular weight excluding hydrogens is 216 g/mol. The van der Waals surface area contributed by atoms with Crippen molar-refractivity contribution < 1.29 is 4.79 Å². The molecule has 17 heavy (non-hydrogen) atoms. The number of rotatable bonds is 5. The van der Waals surface area contributed by atoms with E-state index >= 15 is 0 Å². The molecule has 0 saturated carbocycles. The first-order valence-electron chi connectivity index (χ1n) is 6.02. The summed E-state index contributed by atoms with van der Waals surface area (Å²) in [7, 11) is 0. The largest absolute Gasteiger partial charge is 0.352 e. The Kier molecular flexibility index (Phi) is 3.90. The van der Waals surface area contributed by atoms with Gasteiger partial charge in [0.05, 0.1) is 6.54 Å². The molecule has 1 aliphatic rings. The van der Waals surface area contributed by atoms with Crippen LogP contribution < -0.4 is 5.32 Å². The molecule has 1 aliphatic carbocycles. The van der Waals surface area contributed by atoms with E-state index in [0.29, 0.717) is 18.9 Å². The normalized spacial score (nSPS) is 20.4. The van der Waals surface area contributed by atoms with E-state index in [4.69, 9.17) is 0 Å². The molecule has 0 fully saturated rings. The first-order valence-corrected chi connectivity index (χ1v) is 6.02. The van der Waals surface area contributed by atoms with Crippen LogP contribution in [0.25, 0.3) is 0 Å². The van der Waals surface area contributed by atoms with Crippen LogP contribution in [0.2, 0.25) is 0 Å². The Bertz CT molecular complexity index is 385. The van der Waals surface area contributed by atoms with Gasteiger partial charge in [-0.25, -0.2) is 4.98 Å². The van der Waals surface area contributed by atoms with Crippen molar-refractivity contribution in [3.63, 3.8) is 0 Å². The zero-order valence-corrected chi connectivity index (χ0v) is 10.0. The number of aromatic nitrogens is 3. The van der Waals surface area contributed by atoms with Crippen LogP contribution in [-0.2, 0) is 11.3 Å². The molecule has 0 aliphatic heterocycles. The monoisotopic (exact) mass is 234 g/mol. The Morgan fingerprint density at radius 3 is 3.18 bits per heavy atom. The number of carbonyl (C=O) groups is 1. The molecule has 1 aromatic heterocycles. The number of allylic oxidation sites excluding steroid dienone is 2. The fourth-order valence-electron chi connectivity index (χ4n) is 2.09. The van der Waals surface area contributed by atoms with Crippen molar-refractivity contribution in [2.45, 2.75) is 38.8 Å². The fourth-order valence-corrected chi connectivity index (χ4v) is 2.09. The van der Waals surface area contributed by atoms with Gasteiger partial charge in [0.1, 0.15) is 12.7 Å². The second-order valence-corrected chi connectivity index (χ2v) is 4.56. The summed E-state index contributed by atoms with van der Waals surface area (Å²) in [4.78, 5) is 15.6. The van der Waals surface area contributed by atoms with Gasteiger partial charge in [-0.15, -0.1) is 0 Å². The second kappa shape index (κ2) is 5.61. The minimum Gasteiger partial charge on any atom is -0.352 e. The summed E-state index contributed by atoms with van der Waals surface area (Å²) in [6, 6.07) is 0.0783. The van der Waals surface area contributed by atoms with E-state index in [2.05, 4.69) is 27.6 Å². The maximum atomic E-state index is 11.7. The molecule has 92 valence electrons. The minimum absolute atomic E-state index is 0.0783. The highest BCUT2D eigenvalue weighted by atomic mass is 16.1. The lowest BCUT2D eigenvalue weighted by Gasteiger charge is -2.15. The lowest BCUT2D eigenvalue weighted by molar-refractivity contribution is -0.122. The van der Waals surface area contributed by atoms with Crippen molar-refractivity contribution >= 4 is 5.91 Å². The first-order chi connectivity index (χ1) is 8.24. The standard InChI is InChI=1S/C12H18N4O/c1-10(7-16-9-13-8-14-16)15-12(17)6-11-4-2-3-5-11/h2,4,8-11H,3,5-7H2,1H3,(H,15,17). The van der Waals surface area contributed by atoms with Crippen molar-refractivity contribution in [2.24, 2.45) is 5.92 Å². The SMILES string of the molecule is CC(Cn1cncn1)NC(=O)CC1C=CCC1. The van der Waals surface area contributed by atoms with Gasteiger partial charge in [-0.05, 0) is 25.7 Å². The quantitative estimate of drug-likeness (QED) is 0.777. The van der Waals surface area contributed by atoms with Crippen LogP contribution in [0.4, 0.5) is 0 Å². The third-order valence-electron chi connectivity index (χ3n) is 2.89. The molecule has 1 amide bonds. The van der Waals surface area contributed by atoms with Crippen molar-refractivity contribution in [3.05, 3.63) is 24.8 Å². The summed E-state index contributed by atoms with van der Waals surface area (Å²) >= 11 is 0. The third-order valence-corrected chi connectivity index (χ3v) is 2.89. The van der Waals surface area contributed by atoms with Gasteiger partial charge >= 0.3 is 0 Å². The van der Waals surface area contributed by atoms with Gasteiger partial charge in [0.15, 0.2) is 0 Å². The first kappa shape index (κ1) is 11.8. The van der Waals surface area contributed by atoms with E-state index in [-0.39, 0.29) is 11.9 Å². The average Bonchev–Trinajstić information content (AvgIpc) is 2.90. The van der Waals surface area contributed by atoms with Gasteiger partial charge in [0, 0.05) is 12.5 Å². The summed E-state index contributed by atoms with van der Waals surface area (Å²) in [5, 5.41) is 6.99. The molecule has 5 nitrogen and oxygen atoms in total. The molecule has 2 unspecified atom stereocenters. The Labute approximate surface area is 101 Å². The summed E-state index contributed by atoms with van der Waals surface area (Å²) in [6.07, 6.45) is 10.2. The van der Waals surface area contributed by atoms with E-state index in [1.807, 2.05) is 6.92 Å². The Balaban J connectivity index is 1.72. The van der Waals surface area contributed by atoms with E-state index in [9.17, 15) is 4.79 Å². The van der Waals surface area contributed by atoms with Crippen LogP contribution in [-0.4, -0.2) is 26.7 Å². The highest BCUT2D eigenvalue weighted by Crippen LogP contribution is 2.19. The van der Waals surface area contributed by atoms with Gasteiger partial charge in [0.2, 0.25) is 5.91 Å². The van der Waals surface area contributed by atoms with Gasteiger partial charge in [0.25, 0.3) is 0 Å². The summed E-state index contributed by atoms with van der Waals surface area (Å²) in [5.41, 5.74) is 0.